The van der Waals surface area contributed by atoms with Gasteiger partial charge in [0.25, 0.3) is 0 Å². The third kappa shape index (κ3) is 2.38. The second-order valence-corrected chi connectivity index (χ2v) is 6.21. The number of nitrogens with one attached hydrogen (secondary N) is 1. The molecular formula is C17H16FN7O. The van der Waals surface area contributed by atoms with Gasteiger partial charge in [0.05, 0.1) is 23.8 Å². The molecule has 1 aliphatic rings. The number of nitriles is 1. The highest BCUT2D eigenvalue weighted by atomic mass is 19.1. The van der Waals surface area contributed by atoms with E-state index in [0.29, 0.717) is 29.3 Å². The second-order valence-electron chi connectivity index (χ2n) is 6.21. The number of ether oxygens (including phenoxy) is 1. The molecule has 0 radical (unpaired) electrons. The minimum Gasteiger partial charge on any atom is -0.486 e. The largest absolute Gasteiger partial charge is 0.486 e. The molecule has 2 aromatic heterocycles. The Bertz CT molecular complexity index is 1060. The van der Waals surface area contributed by atoms with Gasteiger partial charge in [-0.3, -0.25) is 0 Å². The van der Waals surface area contributed by atoms with Crippen LogP contribution in [0.2, 0.25) is 0 Å². The standard InChI is InChI=1S/C17H16FN7O/c1-8-7-26-14-11(18)3-4-12-13(14)25(8)16(23-12)9(2)22-15-10(5-19)6-21-17(20)24-15/h3-4,6,8-9H,7H2,1-2H3,(H3,20,21,22,24)/t8-,9+/m1/s1. The highest BCUT2D eigenvalue weighted by Gasteiger charge is 2.28. The van der Waals surface area contributed by atoms with E-state index in [1.807, 2.05) is 24.5 Å². The van der Waals surface area contributed by atoms with Crippen molar-refractivity contribution in [2.45, 2.75) is 25.9 Å². The summed E-state index contributed by atoms with van der Waals surface area (Å²) in [6.07, 6.45) is 1.37. The summed E-state index contributed by atoms with van der Waals surface area (Å²) in [5.41, 5.74) is 7.20. The van der Waals surface area contributed by atoms with Gasteiger partial charge < -0.3 is 20.4 Å². The number of hydrogen-bond acceptors (Lipinski definition) is 7. The van der Waals surface area contributed by atoms with Crippen molar-refractivity contribution >= 4 is 22.8 Å². The Morgan fingerprint density at radius 3 is 3.04 bits per heavy atom. The Balaban J connectivity index is 1.81. The van der Waals surface area contributed by atoms with Crippen LogP contribution in [0.25, 0.3) is 11.0 Å². The minimum absolute atomic E-state index is 0.0144. The highest BCUT2D eigenvalue weighted by Crippen LogP contribution is 2.37. The fraction of sp³-hybridized carbons (Fsp3) is 0.294. The fourth-order valence-corrected chi connectivity index (χ4v) is 3.18. The van der Waals surface area contributed by atoms with Gasteiger partial charge in [-0.15, -0.1) is 0 Å². The molecular weight excluding hydrogens is 337 g/mol. The van der Waals surface area contributed by atoms with Crippen LogP contribution in [0.4, 0.5) is 16.2 Å². The van der Waals surface area contributed by atoms with Gasteiger partial charge in [-0.1, -0.05) is 0 Å². The number of imidazole rings is 1. The third-order valence-corrected chi connectivity index (χ3v) is 4.36. The van der Waals surface area contributed by atoms with Crippen molar-refractivity contribution in [3.63, 3.8) is 0 Å². The van der Waals surface area contributed by atoms with Crippen molar-refractivity contribution in [1.82, 2.24) is 19.5 Å². The van der Waals surface area contributed by atoms with Crippen LogP contribution in [0.15, 0.2) is 18.3 Å². The summed E-state index contributed by atoms with van der Waals surface area (Å²) in [6, 6.07) is 4.70. The maximum Gasteiger partial charge on any atom is 0.222 e. The molecule has 3 heterocycles. The molecule has 3 N–H and O–H groups in total. The molecule has 0 saturated heterocycles. The number of hydrogen-bond donors (Lipinski definition) is 2. The van der Waals surface area contributed by atoms with E-state index in [9.17, 15) is 9.65 Å². The van der Waals surface area contributed by atoms with Gasteiger partial charge in [0.15, 0.2) is 11.6 Å². The van der Waals surface area contributed by atoms with Gasteiger partial charge in [0.1, 0.15) is 35.4 Å². The molecule has 9 heteroatoms. The van der Waals surface area contributed by atoms with Crippen molar-refractivity contribution < 1.29 is 9.13 Å². The van der Waals surface area contributed by atoms with Crippen LogP contribution >= 0.6 is 0 Å². The van der Waals surface area contributed by atoms with Crippen LogP contribution in [0.5, 0.6) is 5.75 Å². The molecule has 0 bridgehead atoms. The molecule has 1 aliphatic heterocycles. The molecule has 0 unspecified atom stereocenters. The first-order valence-electron chi connectivity index (χ1n) is 8.12. The van der Waals surface area contributed by atoms with Gasteiger partial charge in [-0.2, -0.15) is 10.2 Å². The summed E-state index contributed by atoms with van der Waals surface area (Å²) < 4.78 is 21.6. The second kappa shape index (κ2) is 5.84. The van der Waals surface area contributed by atoms with Crippen LogP contribution in [0.3, 0.4) is 0 Å². The summed E-state index contributed by atoms with van der Waals surface area (Å²) in [7, 11) is 0. The van der Waals surface area contributed by atoms with E-state index in [1.54, 1.807) is 6.07 Å². The van der Waals surface area contributed by atoms with Crippen LogP contribution in [0.1, 0.15) is 37.3 Å². The molecule has 1 aromatic carbocycles. The third-order valence-electron chi connectivity index (χ3n) is 4.36. The van der Waals surface area contributed by atoms with Crippen LogP contribution in [0, 0.1) is 17.1 Å². The quantitative estimate of drug-likeness (QED) is 0.743. The number of halogens is 1. The van der Waals surface area contributed by atoms with E-state index in [0.717, 1.165) is 0 Å². The first kappa shape index (κ1) is 16.1. The molecule has 26 heavy (non-hydrogen) atoms. The lowest BCUT2D eigenvalue weighted by molar-refractivity contribution is 0.234. The predicted molar refractivity (Wildman–Crippen MR) is 93.1 cm³/mol. The lowest BCUT2D eigenvalue weighted by Gasteiger charge is -2.26. The van der Waals surface area contributed by atoms with E-state index in [-0.39, 0.29) is 29.3 Å². The van der Waals surface area contributed by atoms with Gasteiger partial charge in [0, 0.05) is 0 Å². The maximum atomic E-state index is 14.1. The molecule has 2 atom stereocenters. The smallest absolute Gasteiger partial charge is 0.222 e. The topological polar surface area (TPSA) is 115 Å². The van der Waals surface area contributed by atoms with Crippen LogP contribution < -0.4 is 15.8 Å². The van der Waals surface area contributed by atoms with E-state index in [1.165, 1.54) is 12.3 Å². The van der Waals surface area contributed by atoms with E-state index < -0.39 is 5.82 Å². The zero-order valence-corrected chi connectivity index (χ0v) is 14.2. The van der Waals surface area contributed by atoms with Crippen molar-refractivity contribution in [3.8, 4) is 11.8 Å². The summed E-state index contributed by atoms with van der Waals surface area (Å²) in [5.74, 6) is 0.908. The fourth-order valence-electron chi connectivity index (χ4n) is 3.18. The lowest BCUT2D eigenvalue weighted by atomic mass is 10.2. The monoisotopic (exact) mass is 353 g/mol. The molecule has 0 amide bonds. The summed E-state index contributed by atoms with van der Waals surface area (Å²) >= 11 is 0. The number of rotatable bonds is 3. The van der Waals surface area contributed by atoms with Crippen molar-refractivity contribution in [3.05, 3.63) is 35.5 Å². The van der Waals surface area contributed by atoms with Gasteiger partial charge in [-0.25, -0.2) is 14.4 Å². The number of nitrogens with zero attached hydrogens (tertiary/aromatic N) is 5. The van der Waals surface area contributed by atoms with E-state index in [2.05, 4.69) is 20.3 Å². The van der Waals surface area contributed by atoms with Crippen LogP contribution in [-0.4, -0.2) is 26.1 Å². The predicted octanol–water partition coefficient (Wildman–Crippen LogP) is 2.55. The Hall–Kier alpha value is -3.41. The molecule has 4 rings (SSSR count). The normalized spacial score (nSPS) is 16.8. The average molecular weight is 353 g/mol. The molecule has 0 saturated carbocycles. The molecule has 0 aliphatic carbocycles. The highest BCUT2D eigenvalue weighted by molar-refractivity contribution is 5.84. The van der Waals surface area contributed by atoms with Gasteiger partial charge >= 0.3 is 0 Å². The number of nitrogen functional groups attached to an aromatic ring is 1. The van der Waals surface area contributed by atoms with E-state index in [4.69, 9.17) is 10.5 Å². The molecule has 3 aromatic rings. The van der Waals surface area contributed by atoms with Gasteiger partial charge in [0.2, 0.25) is 5.95 Å². The number of nitrogens with two attached hydrogens (primary N) is 1. The van der Waals surface area contributed by atoms with Crippen LogP contribution in [-0.2, 0) is 0 Å². The Labute approximate surface area is 148 Å². The maximum absolute atomic E-state index is 14.1. The summed E-state index contributed by atoms with van der Waals surface area (Å²) in [4.78, 5) is 12.6. The molecule has 8 nitrogen and oxygen atoms in total. The molecule has 0 fully saturated rings. The Morgan fingerprint density at radius 2 is 2.27 bits per heavy atom. The average Bonchev–Trinajstić information content (AvgIpc) is 3.01. The van der Waals surface area contributed by atoms with Crippen molar-refractivity contribution in [1.29, 1.82) is 5.26 Å². The number of benzene rings is 1. The van der Waals surface area contributed by atoms with Gasteiger partial charge in [-0.05, 0) is 26.0 Å². The first-order chi connectivity index (χ1) is 12.5. The summed E-state index contributed by atoms with van der Waals surface area (Å²) in [6.45, 7) is 4.22. The molecule has 0 spiro atoms. The Kier molecular flexibility index (Phi) is 3.61. The minimum atomic E-state index is -0.409. The Morgan fingerprint density at radius 1 is 1.46 bits per heavy atom. The SMILES string of the molecule is C[C@H](Nc1nc(N)ncc1C#N)c1nc2ccc(F)c3c2n1[C@H](C)CO3. The van der Waals surface area contributed by atoms with Crippen molar-refractivity contribution in [2.75, 3.05) is 17.7 Å². The number of aromatic nitrogens is 4. The zero-order chi connectivity index (χ0) is 18.4. The lowest BCUT2D eigenvalue weighted by Crippen LogP contribution is -2.24. The first-order valence-corrected chi connectivity index (χ1v) is 8.12. The van der Waals surface area contributed by atoms with E-state index >= 15 is 0 Å². The van der Waals surface area contributed by atoms with Crippen molar-refractivity contribution in [2.24, 2.45) is 0 Å². The zero-order valence-electron chi connectivity index (χ0n) is 14.2. The molecule has 132 valence electrons. The number of anilines is 2. The summed E-state index contributed by atoms with van der Waals surface area (Å²) in [5, 5.41) is 12.4.